The molecule has 1 aromatic carbocycles. The van der Waals surface area contributed by atoms with Crippen molar-refractivity contribution in [3.8, 4) is 12.3 Å². The number of nitro groups is 1. The Hall–Kier alpha value is -2.16. The van der Waals surface area contributed by atoms with E-state index in [0.29, 0.717) is 6.07 Å². The van der Waals surface area contributed by atoms with Crippen LogP contribution in [0.2, 0.25) is 0 Å². The molecule has 90 valence electrons. The maximum atomic E-state index is 13.4. The van der Waals surface area contributed by atoms with E-state index in [1.165, 1.54) is 0 Å². The third-order valence-corrected chi connectivity index (χ3v) is 2.08. The van der Waals surface area contributed by atoms with Crippen LogP contribution >= 0.6 is 0 Å². The van der Waals surface area contributed by atoms with Gasteiger partial charge in [0.25, 0.3) is 5.69 Å². The van der Waals surface area contributed by atoms with Gasteiger partial charge in [-0.05, 0) is 13.0 Å². The second-order valence-electron chi connectivity index (χ2n) is 3.47. The quantitative estimate of drug-likeness (QED) is 0.500. The molecule has 0 amide bonds. The summed E-state index contributed by atoms with van der Waals surface area (Å²) in [6, 6.07) is 1.23. The summed E-state index contributed by atoms with van der Waals surface area (Å²) in [5.41, 5.74) is -0.995. The molecule has 0 spiro atoms. The van der Waals surface area contributed by atoms with Crippen molar-refractivity contribution in [2.75, 3.05) is 5.32 Å². The minimum atomic E-state index is -1.27. The fraction of sp³-hybridized carbons (Fsp3) is 0.273. The molecule has 0 radical (unpaired) electrons. The van der Waals surface area contributed by atoms with Crippen LogP contribution in [0.1, 0.15) is 13.3 Å². The average molecular weight is 240 g/mol. The van der Waals surface area contributed by atoms with E-state index in [4.69, 9.17) is 6.42 Å². The van der Waals surface area contributed by atoms with Crippen LogP contribution in [0.15, 0.2) is 12.1 Å². The zero-order valence-electron chi connectivity index (χ0n) is 9.04. The Morgan fingerprint density at radius 3 is 2.76 bits per heavy atom. The molecule has 17 heavy (non-hydrogen) atoms. The standard InChI is InChI=1S/C11H10F2N2O2/c1-3-4-7(2)14-11-9(15(16)17)6-5-8(12)10(11)13/h1,5-7,14H,4H2,2H3. The van der Waals surface area contributed by atoms with Gasteiger partial charge in [-0.2, -0.15) is 0 Å². The summed E-state index contributed by atoms with van der Waals surface area (Å²) >= 11 is 0. The lowest BCUT2D eigenvalue weighted by Crippen LogP contribution is -2.16. The maximum absolute atomic E-state index is 13.4. The van der Waals surface area contributed by atoms with Crippen LogP contribution < -0.4 is 5.32 Å². The highest BCUT2D eigenvalue weighted by molar-refractivity contribution is 5.63. The van der Waals surface area contributed by atoms with E-state index < -0.39 is 34.0 Å². The molecule has 0 fully saturated rings. The smallest absolute Gasteiger partial charge is 0.295 e. The molecule has 4 nitrogen and oxygen atoms in total. The first-order valence-corrected chi connectivity index (χ1v) is 4.79. The third-order valence-electron chi connectivity index (χ3n) is 2.08. The van der Waals surface area contributed by atoms with Crippen LogP contribution in [0.3, 0.4) is 0 Å². The van der Waals surface area contributed by atoms with Crippen LogP contribution in [-0.4, -0.2) is 11.0 Å². The summed E-state index contributed by atoms with van der Waals surface area (Å²) in [5.74, 6) is -0.100. The Bertz CT molecular complexity index is 483. The topological polar surface area (TPSA) is 55.2 Å². The molecule has 0 bridgehead atoms. The van der Waals surface area contributed by atoms with E-state index in [1.54, 1.807) is 6.92 Å². The Balaban J connectivity index is 3.15. The Morgan fingerprint density at radius 1 is 1.59 bits per heavy atom. The van der Waals surface area contributed by atoms with Gasteiger partial charge in [-0.25, -0.2) is 8.78 Å². The lowest BCUT2D eigenvalue weighted by molar-refractivity contribution is -0.384. The molecule has 0 aliphatic heterocycles. The van der Waals surface area contributed by atoms with Crippen molar-refractivity contribution in [3.63, 3.8) is 0 Å². The minimum Gasteiger partial charge on any atom is -0.374 e. The summed E-state index contributed by atoms with van der Waals surface area (Å²) < 4.78 is 26.4. The largest absolute Gasteiger partial charge is 0.374 e. The van der Waals surface area contributed by atoms with Gasteiger partial charge in [0.2, 0.25) is 0 Å². The molecule has 0 aliphatic rings. The van der Waals surface area contributed by atoms with Crippen LogP contribution in [0.5, 0.6) is 0 Å². The van der Waals surface area contributed by atoms with Gasteiger partial charge >= 0.3 is 0 Å². The number of halogens is 2. The normalized spacial score (nSPS) is 11.6. The predicted molar refractivity (Wildman–Crippen MR) is 59.5 cm³/mol. The van der Waals surface area contributed by atoms with Crippen molar-refractivity contribution in [2.45, 2.75) is 19.4 Å². The van der Waals surface area contributed by atoms with E-state index in [9.17, 15) is 18.9 Å². The van der Waals surface area contributed by atoms with Crippen molar-refractivity contribution < 1.29 is 13.7 Å². The summed E-state index contributed by atoms with van der Waals surface area (Å²) in [6.45, 7) is 1.62. The lowest BCUT2D eigenvalue weighted by atomic mass is 10.2. The first kappa shape index (κ1) is 12.9. The summed E-state index contributed by atoms with van der Waals surface area (Å²) in [5, 5.41) is 13.2. The van der Waals surface area contributed by atoms with E-state index in [2.05, 4.69) is 11.2 Å². The fourth-order valence-corrected chi connectivity index (χ4v) is 1.30. The summed E-state index contributed by atoms with van der Waals surface area (Å²) in [7, 11) is 0. The van der Waals surface area contributed by atoms with Gasteiger partial charge in [-0.1, -0.05) is 0 Å². The van der Waals surface area contributed by atoms with Crippen LogP contribution in [0, 0.1) is 34.1 Å². The number of hydrogen-bond donors (Lipinski definition) is 1. The second-order valence-corrected chi connectivity index (χ2v) is 3.47. The van der Waals surface area contributed by atoms with Gasteiger partial charge in [-0.15, -0.1) is 12.3 Å². The van der Waals surface area contributed by atoms with Crippen LogP contribution in [0.25, 0.3) is 0 Å². The zero-order chi connectivity index (χ0) is 13.0. The highest BCUT2D eigenvalue weighted by Crippen LogP contribution is 2.29. The molecule has 1 rings (SSSR count). The monoisotopic (exact) mass is 240 g/mol. The van der Waals surface area contributed by atoms with Gasteiger partial charge < -0.3 is 5.32 Å². The van der Waals surface area contributed by atoms with Crippen molar-refractivity contribution in [1.29, 1.82) is 0 Å². The van der Waals surface area contributed by atoms with E-state index >= 15 is 0 Å². The zero-order valence-corrected chi connectivity index (χ0v) is 9.04. The maximum Gasteiger partial charge on any atom is 0.295 e. The molecule has 1 N–H and O–H groups in total. The lowest BCUT2D eigenvalue weighted by Gasteiger charge is -2.13. The number of nitrogens with zero attached hydrogens (tertiary/aromatic N) is 1. The number of nitro benzene ring substituents is 1. The summed E-state index contributed by atoms with van der Waals surface area (Å²) in [4.78, 5) is 9.88. The number of hydrogen-bond acceptors (Lipinski definition) is 3. The average Bonchev–Trinajstić information content (AvgIpc) is 2.25. The van der Waals surface area contributed by atoms with Crippen LogP contribution in [0.4, 0.5) is 20.2 Å². The Kier molecular flexibility index (Phi) is 3.99. The molecular formula is C11H10F2N2O2. The number of benzene rings is 1. The Morgan fingerprint density at radius 2 is 2.24 bits per heavy atom. The molecule has 6 heteroatoms. The first-order chi connectivity index (χ1) is 7.97. The first-order valence-electron chi connectivity index (χ1n) is 4.79. The van der Waals surface area contributed by atoms with Gasteiger partial charge in [0.05, 0.1) is 4.92 Å². The Labute approximate surface area is 96.8 Å². The van der Waals surface area contributed by atoms with Crippen molar-refractivity contribution in [1.82, 2.24) is 0 Å². The van der Waals surface area contributed by atoms with Crippen molar-refractivity contribution >= 4 is 11.4 Å². The minimum absolute atomic E-state index is 0.243. The molecule has 1 aromatic rings. The van der Waals surface area contributed by atoms with E-state index in [0.717, 1.165) is 6.07 Å². The molecule has 0 heterocycles. The highest BCUT2D eigenvalue weighted by Gasteiger charge is 2.22. The number of anilines is 1. The molecule has 1 atom stereocenters. The third kappa shape index (κ3) is 2.91. The number of rotatable bonds is 4. The SMILES string of the molecule is C#CCC(C)Nc1c([N+](=O)[O-])ccc(F)c1F. The summed E-state index contributed by atoms with van der Waals surface area (Å²) in [6.07, 6.45) is 5.30. The number of nitrogens with one attached hydrogen (secondary N) is 1. The fourth-order valence-electron chi connectivity index (χ4n) is 1.30. The molecule has 0 aromatic heterocycles. The van der Waals surface area contributed by atoms with Crippen molar-refractivity contribution in [2.24, 2.45) is 0 Å². The van der Waals surface area contributed by atoms with E-state index in [1.807, 2.05) is 0 Å². The van der Waals surface area contributed by atoms with Gasteiger partial charge in [0, 0.05) is 18.5 Å². The second kappa shape index (κ2) is 5.25. The van der Waals surface area contributed by atoms with Crippen molar-refractivity contribution in [3.05, 3.63) is 33.9 Å². The molecule has 1 unspecified atom stereocenters. The molecule has 0 aliphatic carbocycles. The predicted octanol–water partition coefficient (Wildman–Crippen LogP) is 2.70. The molecule has 0 saturated heterocycles. The highest BCUT2D eigenvalue weighted by atomic mass is 19.2. The number of terminal acetylenes is 1. The van der Waals surface area contributed by atoms with Crippen LogP contribution in [-0.2, 0) is 0 Å². The van der Waals surface area contributed by atoms with Gasteiger partial charge in [0.1, 0.15) is 0 Å². The van der Waals surface area contributed by atoms with E-state index in [-0.39, 0.29) is 6.42 Å². The molecule has 0 saturated carbocycles. The van der Waals surface area contributed by atoms with Gasteiger partial charge in [0.15, 0.2) is 17.3 Å². The van der Waals surface area contributed by atoms with Gasteiger partial charge in [-0.3, -0.25) is 10.1 Å². The molecular weight excluding hydrogens is 230 g/mol.